The molecule has 0 saturated heterocycles. The van der Waals surface area contributed by atoms with Gasteiger partial charge in [-0.1, -0.05) is 26.2 Å². The van der Waals surface area contributed by atoms with Crippen LogP contribution in [0.25, 0.3) is 0 Å². The Bertz CT molecular complexity index is 126. The molecule has 12 heavy (non-hydrogen) atoms. The van der Waals surface area contributed by atoms with Crippen molar-refractivity contribution >= 4 is 17.6 Å². The minimum Gasteiger partial charge on any atom is -0.465 e. The molecule has 0 aliphatic heterocycles. The maximum absolute atomic E-state index is 11.0. The van der Waals surface area contributed by atoms with Gasteiger partial charge >= 0.3 is 5.97 Å². The number of hydrogen-bond donors (Lipinski definition) is 0. The Morgan fingerprint density at radius 1 is 1.42 bits per heavy atom. The summed E-state index contributed by atoms with van der Waals surface area (Å²) in [5, 5.41) is -0.448. The van der Waals surface area contributed by atoms with E-state index in [0.29, 0.717) is 6.61 Å². The summed E-state index contributed by atoms with van der Waals surface area (Å²) in [4.78, 5) is 11.0. The van der Waals surface area contributed by atoms with E-state index < -0.39 is 5.38 Å². The van der Waals surface area contributed by atoms with Gasteiger partial charge in [0.05, 0.1) is 6.61 Å². The van der Waals surface area contributed by atoms with Crippen molar-refractivity contribution in [3.8, 4) is 0 Å². The van der Waals surface area contributed by atoms with E-state index in [1.165, 1.54) is 0 Å². The Kier molecular flexibility index (Phi) is 7.26. The van der Waals surface area contributed by atoms with Crippen molar-refractivity contribution in [2.24, 2.45) is 0 Å². The van der Waals surface area contributed by atoms with E-state index >= 15 is 0 Å². The molecule has 0 bridgehead atoms. The van der Waals surface area contributed by atoms with E-state index in [-0.39, 0.29) is 5.97 Å². The van der Waals surface area contributed by atoms with Gasteiger partial charge in [-0.15, -0.1) is 11.6 Å². The third kappa shape index (κ3) is 5.42. The number of alkyl halides is 1. The third-order valence-corrected chi connectivity index (χ3v) is 2.00. The van der Waals surface area contributed by atoms with Gasteiger partial charge in [0.1, 0.15) is 5.38 Å². The lowest BCUT2D eigenvalue weighted by atomic mass is 10.1. The number of halogens is 1. The van der Waals surface area contributed by atoms with Crippen LogP contribution in [0.2, 0.25) is 0 Å². The molecule has 0 aliphatic rings. The van der Waals surface area contributed by atoms with Crippen LogP contribution in [-0.4, -0.2) is 18.0 Å². The summed E-state index contributed by atoms with van der Waals surface area (Å²) in [6.07, 6.45) is 4.01. The quantitative estimate of drug-likeness (QED) is 0.368. The fraction of sp³-hybridized carbons (Fsp3) is 0.889. The summed E-state index contributed by atoms with van der Waals surface area (Å²) in [6.45, 7) is 4.32. The van der Waals surface area contributed by atoms with Gasteiger partial charge in [-0.05, 0) is 13.3 Å². The molecule has 0 amide bonds. The van der Waals surface area contributed by atoms with Crippen LogP contribution in [0.4, 0.5) is 0 Å². The Morgan fingerprint density at radius 2 is 2.08 bits per heavy atom. The number of esters is 1. The minimum absolute atomic E-state index is 0.282. The number of unbranched alkanes of at least 4 members (excludes halogenated alkanes) is 2. The van der Waals surface area contributed by atoms with Crippen LogP contribution in [0.5, 0.6) is 0 Å². The van der Waals surface area contributed by atoms with Crippen LogP contribution >= 0.6 is 11.6 Å². The first-order chi connectivity index (χ1) is 5.72. The lowest BCUT2D eigenvalue weighted by molar-refractivity contribution is -0.142. The van der Waals surface area contributed by atoms with Gasteiger partial charge < -0.3 is 4.74 Å². The zero-order valence-electron chi connectivity index (χ0n) is 7.81. The number of carbonyl (C=O) groups excluding carboxylic acids is 1. The summed E-state index contributed by atoms with van der Waals surface area (Å²) >= 11 is 5.77. The fourth-order valence-corrected chi connectivity index (χ4v) is 1.14. The van der Waals surface area contributed by atoms with Crippen molar-refractivity contribution in [3.05, 3.63) is 0 Å². The third-order valence-electron chi connectivity index (χ3n) is 1.60. The average Bonchev–Trinajstić information content (AvgIpc) is 2.05. The van der Waals surface area contributed by atoms with Crippen LogP contribution in [0.15, 0.2) is 0 Å². The Morgan fingerprint density at radius 3 is 2.58 bits per heavy atom. The normalized spacial score (nSPS) is 12.6. The van der Waals surface area contributed by atoms with E-state index in [2.05, 4.69) is 6.92 Å². The molecule has 0 aromatic rings. The van der Waals surface area contributed by atoms with Crippen LogP contribution in [0.3, 0.4) is 0 Å². The first kappa shape index (κ1) is 11.8. The molecule has 0 aliphatic carbocycles. The molecule has 0 heterocycles. The highest BCUT2D eigenvalue weighted by Crippen LogP contribution is 2.10. The second-order valence-electron chi connectivity index (χ2n) is 2.72. The second-order valence-corrected chi connectivity index (χ2v) is 3.24. The molecule has 1 unspecified atom stereocenters. The van der Waals surface area contributed by atoms with E-state index in [1.54, 1.807) is 6.92 Å². The molecule has 3 heteroatoms. The molecule has 0 N–H and O–H groups in total. The summed E-state index contributed by atoms with van der Waals surface area (Å²) in [5.74, 6) is -0.282. The average molecular weight is 193 g/mol. The predicted octanol–water partition coefficient (Wildman–Crippen LogP) is 2.74. The van der Waals surface area contributed by atoms with Crippen molar-refractivity contribution in [2.75, 3.05) is 6.61 Å². The summed E-state index contributed by atoms with van der Waals surface area (Å²) in [7, 11) is 0. The van der Waals surface area contributed by atoms with E-state index in [1.807, 2.05) is 0 Å². The lowest BCUT2D eigenvalue weighted by Crippen LogP contribution is -2.17. The topological polar surface area (TPSA) is 26.3 Å². The van der Waals surface area contributed by atoms with Gasteiger partial charge in [-0.3, -0.25) is 4.79 Å². The summed E-state index contributed by atoms with van der Waals surface area (Å²) < 4.78 is 4.76. The maximum atomic E-state index is 11.0. The van der Waals surface area contributed by atoms with Crippen molar-refractivity contribution in [3.63, 3.8) is 0 Å². The molecule has 2 nitrogen and oxygen atoms in total. The number of carbonyl (C=O) groups is 1. The molecule has 0 radical (unpaired) electrons. The lowest BCUT2D eigenvalue weighted by Gasteiger charge is -2.07. The standard InChI is InChI=1S/C9H17ClO2/c1-3-5-6-7-8(10)9(11)12-4-2/h8H,3-7H2,1-2H3. The maximum Gasteiger partial charge on any atom is 0.324 e. The number of ether oxygens (including phenoxy) is 1. The molecular weight excluding hydrogens is 176 g/mol. The van der Waals surface area contributed by atoms with E-state index in [4.69, 9.17) is 16.3 Å². The Balaban J connectivity index is 3.42. The highest BCUT2D eigenvalue weighted by atomic mass is 35.5. The van der Waals surface area contributed by atoms with Gasteiger partial charge in [0.25, 0.3) is 0 Å². The van der Waals surface area contributed by atoms with Crippen LogP contribution < -0.4 is 0 Å². The second kappa shape index (κ2) is 7.41. The molecule has 0 aromatic carbocycles. The van der Waals surface area contributed by atoms with Crippen LogP contribution in [0.1, 0.15) is 39.5 Å². The smallest absolute Gasteiger partial charge is 0.324 e. The molecule has 0 spiro atoms. The first-order valence-electron chi connectivity index (χ1n) is 4.53. The number of hydrogen-bond acceptors (Lipinski definition) is 2. The highest BCUT2D eigenvalue weighted by Gasteiger charge is 2.14. The van der Waals surface area contributed by atoms with Gasteiger partial charge in [-0.25, -0.2) is 0 Å². The minimum atomic E-state index is -0.448. The summed E-state index contributed by atoms with van der Waals surface area (Å²) in [5.41, 5.74) is 0. The van der Waals surface area contributed by atoms with Crippen LogP contribution in [0, 0.1) is 0 Å². The van der Waals surface area contributed by atoms with Crippen molar-refractivity contribution in [2.45, 2.75) is 44.9 Å². The molecule has 0 saturated carbocycles. The van der Waals surface area contributed by atoms with Gasteiger partial charge in [-0.2, -0.15) is 0 Å². The molecule has 1 atom stereocenters. The highest BCUT2D eigenvalue weighted by molar-refractivity contribution is 6.29. The SMILES string of the molecule is CCCCCC(Cl)C(=O)OCC. The number of rotatable bonds is 6. The van der Waals surface area contributed by atoms with Gasteiger partial charge in [0.2, 0.25) is 0 Å². The van der Waals surface area contributed by atoms with Crippen molar-refractivity contribution in [1.82, 2.24) is 0 Å². The van der Waals surface area contributed by atoms with E-state index in [0.717, 1.165) is 25.7 Å². The van der Waals surface area contributed by atoms with Gasteiger partial charge in [0, 0.05) is 0 Å². The Labute approximate surface area is 79.2 Å². The molecule has 0 fully saturated rings. The molecule has 0 rings (SSSR count). The Hall–Kier alpha value is -0.240. The molecule has 0 aromatic heterocycles. The zero-order chi connectivity index (χ0) is 9.40. The molecular formula is C9H17ClO2. The van der Waals surface area contributed by atoms with E-state index in [9.17, 15) is 4.79 Å². The zero-order valence-corrected chi connectivity index (χ0v) is 8.56. The van der Waals surface area contributed by atoms with Gasteiger partial charge in [0.15, 0.2) is 0 Å². The first-order valence-corrected chi connectivity index (χ1v) is 4.96. The van der Waals surface area contributed by atoms with Crippen molar-refractivity contribution in [1.29, 1.82) is 0 Å². The summed E-state index contributed by atoms with van der Waals surface area (Å²) in [6, 6.07) is 0. The predicted molar refractivity (Wildman–Crippen MR) is 50.4 cm³/mol. The largest absolute Gasteiger partial charge is 0.465 e. The molecule has 72 valence electrons. The van der Waals surface area contributed by atoms with Crippen molar-refractivity contribution < 1.29 is 9.53 Å². The monoisotopic (exact) mass is 192 g/mol. The fourth-order valence-electron chi connectivity index (χ4n) is 0.924. The van der Waals surface area contributed by atoms with Crippen LogP contribution in [-0.2, 0) is 9.53 Å².